The molecule has 4 rings (SSSR count). The van der Waals surface area contributed by atoms with Crippen LogP contribution in [0.15, 0.2) is 67.1 Å². The standard InChI is InChI=1S/C19H17N5O2/c25-18-11-14(13-23(18)16-5-2-1-3-6-16)19(26)22-15-7-8-17(20-12-15)24-10-4-9-21-24/h1-10,12,14H,11,13H2,(H,22,26)/t14-/m0/s1. The van der Waals surface area contributed by atoms with E-state index in [-0.39, 0.29) is 24.2 Å². The molecule has 0 saturated carbocycles. The number of anilines is 2. The first-order valence-corrected chi connectivity index (χ1v) is 8.33. The van der Waals surface area contributed by atoms with Gasteiger partial charge in [0.15, 0.2) is 5.82 Å². The van der Waals surface area contributed by atoms with Crippen LogP contribution in [-0.2, 0) is 9.59 Å². The number of carbonyl (C=O) groups is 2. The molecule has 7 nitrogen and oxygen atoms in total. The number of pyridine rings is 1. The fourth-order valence-corrected chi connectivity index (χ4v) is 2.98. The van der Waals surface area contributed by atoms with Crippen LogP contribution >= 0.6 is 0 Å². The van der Waals surface area contributed by atoms with Crippen LogP contribution in [0.25, 0.3) is 5.82 Å². The van der Waals surface area contributed by atoms with Gasteiger partial charge in [-0.15, -0.1) is 0 Å². The second kappa shape index (κ2) is 6.79. The van der Waals surface area contributed by atoms with Crippen molar-refractivity contribution in [2.24, 2.45) is 5.92 Å². The lowest BCUT2D eigenvalue weighted by Crippen LogP contribution is -2.28. The van der Waals surface area contributed by atoms with Crippen LogP contribution in [0, 0.1) is 5.92 Å². The van der Waals surface area contributed by atoms with Crippen LogP contribution in [0.4, 0.5) is 11.4 Å². The molecule has 1 fully saturated rings. The predicted molar refractivity (Wildman–Crippen MR) is 96.9 cm³/mol. The minimum atomic E-state index is -0.381. The van der Waals surface area contributed by atoms with Gasteiger partial charge in [-0.3, -0.25) is 9.59 Å². The van der Waals surface area contributed by atoms with Crippen molar-refractivity contribution in [1.29, 1.82) is 0 Å². The Balaban J connectivity index is 1.41. The van der Waals surface area contributed by atoms with Crippen LogP contribution in [0.1, 0.15) is 6.42 Å². The lowest BCUT2D eigenvalue weighted by atomic mass is 10.1. The van der Waals surface area contributed by atoms with E-state index in [4.69, 9.17) is 0 Å². The van der Waals surface area contributed by atoms with E-state index >= 15 is 0 Å². The third kappa shape index (κ3) is 3.19. The van der Waals surface area contributed by atoms with Crippen molar-refractivity contribution in [2.45, 2.75) is 6.42 Å². The number of hydrogen-bond donors (Lipinski definition) is 1. The topological polar surface area (TPSA) is 80.1 Å². The second-order valence-corrected chi connectivity index (χ2v) is 6.09. The Morgan fingerprint density at radius 2 is 1.96 bits per heavy atom. The number of nitrogens with one attached hydrogen (secondary N) is 1. The van der Waals surface area contributed by atoms with E-state index in [0.29, 0.717) is 18.1 Å². The lowest BCUT2D eigenvalue weighted by molar-refractivity contribution is -0.122. The summed E-state index contributed by atoms with van der Waals surface area (Å²) in [5.74, 6) is 0.0710. The Hall–Kier alpha value is -3.48. The highest BCUT2D eigenvalue weighted by Crippen LogP contribution is 2.25. The van der Waals surface area contributed by atoms with E-state index in [2.05, 4.69) is 15.4 Å². The molecule has 0 radical (unpaired) electrons. The van der Waals surface area contributed by atoms with Crippen molar-refractivity contribution < 1.29 is 9.59 Å². The largest absolute Gasteiger partial charge is 0.324 e. The third-order valence-electron chi connectivity index (χ3n) is 4.32. The number of aromatic nitrogens is 3. The van der Waals surface area contributed by atoms with Gasteiger partial charge in [0, 0.05) is 31.0 Å². The molecule has 0 unspecified atom stereocenters. The Morgan fingerprint density at radius 1 is 1.12 bits per heavy atom. The Bertz CT molecular complexity index is 907. The summed E-state index contributed by atoms with van der Waals surface area (Å²) in [5, 5.41) is 6.95. The van der Waals surface area contributed by atoms with Gasteiger partial charge in [0.1, 0.15) is 0 Å². The Labute approximate surface area is 150 Å². The molecular weight excluding hydrogens is 330 g/mol. The summed E-state index contributed by atoms with van der Waals surface area (Å²) in [6.45, 7) is 0.382. The smallest absolute Gasteiger partial charge is 0.229 e. The average molecular weight is 347 g/mol. The van der Waals surface area contributed by atoms with E-state index in [0.717, 1.165) is 5.69 Å². The summed E-state index contributed by atoms with van der Waals surface area (Å²) in [5.41, 5.74) is 1.41. The molecule has 1 aliphatic heterocycles. The predicted octanol–water partition coefficient (Wildman–Crippen LogP) is 2.26. The first-order valence-electron chi connectivity index (χ1n) is 8.33. The molecule has 0 aliphatic carbocycles. The zero-order valence-electron chi connectivity index (χ0n) is 13.9. The summed E-state index contributed by atoms with van der Waals surface area (Å²) < 4.78 is 1.64. The molecule has 26 heavy (non-hydrogen) atoms. The van der Waals surface area contributed by atoms with Gasteiger partial charge < -0.3 is 10.2 Å². The van der Waals surface area contributed by atoms with E-state index in [1.807, 2.05) is 36.4 Å². The van der Waals surface area contributed by atoms with Gasteiger partial charge in [0.25, 0.3) is 0 Å². The highest BCUT2D eigenvalue weighted by Gasteiger charge is 2.35. The number of benzene rings is 1. The van der Waals surface area contributed by atoms with Gasteiger partial charge in [-0.2, -0.15) is 5.10 Å². The van der Waals surface area contributed by atoms with E-state index < -0.39 is 0 Å². The van der Waals surface area contributed by atoms with E-state index in [9.17, 15) is 9.59 Å². The van der Waals surface area contributed by atoms with Crippen LogP contribution < -0.4 is 10.2 Å². The molecule has 2 aromatic heterocycles. The summed E-state index contributed by atoms with van der Waals surface area (Å²) in [7, 11) is 0. The number of rotatable bonds is 4. The fourth-order valence-electron chi connectivity index (χ4n) is 2.98. The van der Waals surface area contributed by atoms with Crippen molar-refractivity contribution >= 4 is 23.2 Å². The first-order chi connectivity index (χ1) is 12.7. The Kier molecular flexibility index (Phi) is 4.18. The van der Waals surface area contributed by atoms with Crippen molar-refractivity contribution in [1.82, 2.24) is 14.8 Å². The Morgan fingerprint density at radius 3 is 2.65 bits per heavy atom. The van der Waals surface area contributed by atoms with Gasteiger partial charge >= 0.3 is 0 Å². The molecule has 1 saturated heterocycles. The molecule has 0 bridgehead atoms. The molecule has 3 heterocycles. The molecule has 7 heteroatoms. The van der Waals surface area contributed by atoms with Crippen LogP contribution in [0.3, 0.4) is 0 Å². The molecule has 1 atom stereocenters. The molecule has 3 aromatic rings. The lowest BCUT2D eigenvalue weighted by Gasteiger charge is -2.16. The van der Waals surface area contributed by atoms with E-state index in [1.165, 1.54) is 0 Å². The number of amides is 2. The van der Waals surface area contributed by atoms with Gasteiger partial charge in [0.2, 0.25) is 11.8 Å². The van der Waals surface area contributed by atoms with Crippen molar-refractivity contribution in [3.63, 3.8) is 0 Å². The maximum absolute atomic E-state index is 12.5. The van der Waals surface area contributed by atoms with Crippen molar-refractivity contribution in [3.05, 3.63) is 67.1 Å². The van der Waals surface area contributed by atoms with Gasteiger partial charge in [0.05, 0.1) is 17.8 Å². The number of nitrogens with zero attached hydrogens (tertiary/aromatic N) is 4. The molecule has 1 aliphatic rings. The second-order valence-electron chi connectivity index (χ2n) is 6.09. The first kappa shape index (κ1) is 16.0. The highest BCUT2D eigenvalue weighted by molar-refractivity contribution is 6.03. The maximum atomic E-state index is 12.5. The molecule has 1 N–H and O–H groups in total. The number of para-hydroxylation sites is 1. The van der Waals surface area contributed by atoms with E-state index in [1.54, 1.807) is 40.3 Å². The summed E-state index contributed by atoms with van der Waals surface area (Å²) >= 11 is 0. The van der Waals surface area contributed by atoms with Crippen LogP contribution in [-0.4, -0.2) is 33.1 Å². The molecule has 2 amide bonds. The van der Waals surface area contributed by atoms with Gasteiger partial charge in [-0.1, -0.05) is 18.2 Å². The van der Waals surface area contributed by atoms with Crippen LogP contribution in [0.2, 0.25) is 0 Å². The van der Waals surface area contributed by atoms with Crippen molar-refractivity contribution in [2.75, 3.05) is 16.8 Å². The molecule has 1 aromatic carbocycles. The zero-order valence-corrected chi connectivity index (χ0v) is 13.9. The van der Waals surface area contributed by atoms with Gasteiger partial charge in [-0.25, -0.2) is 9.67 Å². The number of carbonyl (C=O) groups excluding carboxylic acids is 2. The maximum Gasteiger partial charge on any atom is 0.229 e. The minimum absolute atomic E-state index is 0.0384. The minimum Gasteiger partial charge on any atom is -0.324 e. The molecule has 130 valence electrons. The summed E-state index contributed by atoms with van der Waals surface area (Å²) in [4.78, 5) is 30.7. The van der Waals surface area contributed by atoms with Crippen molar-refractivity contribution in [3.8, 4) is 5.82 Å². The third-order valence-corrected chi connectivity index (χ3v) is 4.32. The van der Waals surface area contributed by atoms with Gasteiger partial charge in [-0.05, 0) is 30.3 Å². The summed E-state index contributed by atoms with van der Waals surface area (Å²) in [6, 6.07) is 14.8. The zero-order chi connectivity index (χ0) is 17.9. The molecular formula is C19H17N5O2. The summed E-state index contributed by atoms with van der Waals surface area (Å²) in [6.07, 6.45) is 5.26. The average Bonchev–Trinajstić information content (AvgIpc) is 3.33. The monoisotopic (exact) mass is 347 g/mol. The SMILES string of the molecule is O=C(Nc1ccc(-n2cccn2)nc1)[C@H]1CC(=O)N(c2ccccc2)C1. The number of hydrogen-bond acceptors (Lipinski definition) is 4. The fraction of sp³-hybridized carbons (Fsp3) is 0.158. The normalized spacial score (nSPS) is 16.7. The highest BCUT2D eigenvalue weighted by atomic mass is 16.2. The quantitative estimate of drug-likeness (QED) is 0.785. The van der Waals surface area contributed by atoms with Crippen LogP contribution in [0.5, 0.6) is 0 Å². The molecule has 0 spiro atoms.